The predicted molar refractivity (Wildman–Crippen MR) is 93.6 cm³/mol. The Balaban J connectivity index is 2.68. The maximum Gasteiger partial charge on any atom is 0.262 e. The number of halogens is 3. The molecule has 1 amide bonds. The van der Waals surface area contributed by atoms with E-state index in [0.29, 0.717) is 17.9 Å². The second kappa shape index (κ2) is 9.55. The molecule has 130 valence electrons. The summed E-state index contributed by atoms with van der Waals surface area (Å²) in [5.41, 5.74) is 0.485. The van der Waals surface area contributed by atoms with Crippen LogP contribution >= 0.6 is 34.8 Å². The van der Waals surface area contributed by atoms with Crippen LogP contribution in [0.5, 0.6) is 5.75 Å². The Labute approximate surface area is 152 Å². The third-order valence-corrected chi connectivity index (χ3v) is 3.82. The molecule has 0 aliphatic rings. The summed E-state index contributed by atoms with van der Waals surface area (Å²) in [6.07, 6.45) is -0.661. The van der Waals surface area contributed by atoms with E-state index in [2.05, 4.69) is 5.32 Å². The number of ether oxygens (including phenoxy) is 1. The SMILES string of the molecule is CCOc1ccc(C(=O)N[C@@H]([NH2+]CC[NH+](C)C)C(Cl)(Cl)Cl)cc1. The van der Waals surface area contributed by atoms with Gasteiger partial charge in [-0.3, -0.25) is 10.1 Å². The number of alkyl halides is 3. The molecular formula is C15H24Cl3N3O2+2. The van der Waals surface area contributed by atoms with Gasteiger partial charge in [0.15, 0.2) is 0 Å². The Kier molecular flexibility index (Phi) is 8.44. The van der Waals surface area contributed by atoms with Gasteiger partial charge < -0.3 is 15.0 Å². The molecule has 8 heteroatoms. The van der Waals surface area contributed by atoms with E-state index in [1.54, 1.807) is 24.3 Å². The van der Waals surface area contributed by atoms with Crippen molar-refractivity contribution in [2.75, 3.05) is 33.8 Å². The summed E-state index contributed by atoms with van der Waals surface area (Å²) in [6, 6.07) is 6.84. The molecule has 0 fully saturated rings. The maximum absolute atomic E-state index is 12.3. The fourth-order valence-electron chi connectivity index (χ4n) is 1.91. The van der Waals surface area contributed by atoms with Gasteiger partial charge in [0.2, 0.25) is 6.17 Å². The molecule has 0 unspecified atom stereocenters. The highest BCUT2D eigenvalue weighted by Crippen LogP contribution is 2.27. The van der Waals surface area contributed by atoms with Crippen molar-refractivity contribution in [1.82, 2.24) is 5.32 Å². The number of carbonyl (C=O) groups excluding carboxylic acids is 1. The summed E-state index contributed by atoms with van der Waals surface area (Å²) >= 11 is 17.9. The normalized spacial score (nSPS) is 13.0. The van der Waals surface area contributed by atoms with Crippen LogP contribution < -0.4 is 20.3 Å². The molecule has 4 N–H and O–H groups in total. The van der Waals surface area contributed by atoms with Gasteiger partial charge in [-0.05, 0) is 31.2 Å². The van der Waals surface area contributed by atoms with Crippen LogP contribution in [-0.2, 0) is 0 Å². The number of benzene rings is 1. The van der Waals surface area contributed by atoms with Crippen LogP contribution in [0.2, 0.25) is 0 Å². The highest BCUT2D eigenvalue weighted by atomic mass is 35.6. The van der Waals surface area contributed by atoms with Crippen molar-refractivity contribution >= 4 is 40.7 Å². The molecule has 0 bridgehead atoms. The molecule has 1 rings (SSSR count). The van der Waals surface area contributed by atoms with E-state index in [1.807, 2.05) is 26.3 Å². The van der Waals surface area contributed by atoms with Crippen LogP contribution in [0.3, 0.4) is 0 Å². The minimum atomic E-state index is -1.59. The lowest BCUT2D eigenvalue weighted by molar-refractivity contribution is -0.877. The topological polar surface area (TPSA) is 59.4 Å². The number of amides is 1. The van der Waals surface area contributed by atoms with E-state index < -0.39 is 9.96 Å². The van der Waals surface area contributed by atoms with Gasteiger partial charge in [-0.2, -0.15) is 0 Å². The summed E-state index contributed by atoms with van der Waals surface area (Å²) in [7, 11) is 4.08. The second-order valence-electron chi connectivity index (χ2n) is 5.43. The van der Waals surface area contributed by atoms with Crippen molar-refractivity contribution in [2.24, 2.45) is 0 Å². The van der Waals surface area contributed by atoms with Gasteiger partial charge >= 0.3 is 0 Å². The molecule has 1 aromatic carbocycles. The second-order valence-corrected chi connectivity index (χ2v) is 7.80. The Hall–Kier alpha value is -0.720. The number of nitrogens with two attached hydrogens (primary N) is 1. The van der Waals surface area contributed by atoms with Crippen LogP contribution in [-0.4, -0.2) is 49.7 Å². The molecule has 0 saturated carbocycles. The molecule has 0 aliphatic heterocycles. The Morgan fingerprint density at radius 2 is 1.91 bits per heavy atom. The predicted octanol–water partition coefficient (Wildman–Crippen LogP) is 0.219. The Morgan fingerprint density at radius 3 is 2.39 bits per heavy atom. The summed E-state index contributed by atoms with van der Waals surface area (Å²) in [5, 5.41) is 4.58. The minimum Gasteiger partial charge on any atom is -0.494 e. The molecule has 23 heavy (non-hydrogen) atoms. The van der Waals surface area contributed by atoms with Gasteiger partial charge in [-0.1, -0.05) is 34.8 Å². The third kappa shape index (κ3) is 7.59. The summed E-state index contributed by atoms with van der Waals surface area (Å²) < 4.78 is 3.75. The molecule has 5 nitrogen and oxygen atoms in total. The Bertz CT molecular complexity index is 490. The molecule has 0 aliphatic carbocycles. The maximum atomic E-state index is 12.3. The van der Waals surface area contributed by atoms with Gasteiger partial charge in [0.25, 0.3) is 9.70 Å². The van der Waals surface area contributed by atoms with E-state index in [9.17, 15) is 4.79 Å². The van der Waals surface area contributed by atoms with E-state index in [1.165, 1.54) is 4.90 Å². The van der Waals surface area contributed by atoms with E-state index in [-0.39, 0.29) is 5.91 Å². The average Bonchev–Trinajstić information content (AvgIpc) is 2.45. The zero-order chi connectivity index (χ0) is 17.5. The lowest BCUT2D eigenvalue weighted by Gasteiger charge is -2.23. The first-order valence-corrected chi connectivity index (χ1v) is 8.60. The molecule has 0 aromatic heterocycles. The Morgan fingerprint density at radius 1 is 1.30 bits per heavy atom. The van der Waals surface area contributed by atoms with Crippen molar-refractivity contribution in [1.29, 1.82) is 0 Å². The van der Waals surface area contributed by atoms with E-state index >= 15 is 0 Å². The smallest absolute Gasteiger partial charge is 0.262 e. The lowest BCUT2D eigenvalue weighted by atomic mass is 10.2. The molecule has 0 radical (unpaired) electrons. The third-order valence-electron chi connectivity index (χ3n) is 3.11. The quantitative estimate of drug-likeness (QED) is 0.443. The van der Waals surface area contributed by atoms with Gasteiger partial charge in [0.1, 0.15) is 18.8 Å². The zero-order valence-corrected chi connectivity index (χ0v) is 15.8. The van der Waals surface area contributed by atoms with Crippen LogP contribution in [0.15, 0.2) is 24.3 Å². The number of nitrogens with one attached hydrogen (secondary N) is 2. The number of hydrogen-bond donors (Lipinski definition) is 3. The van der Waals surface area contributed by atoms with E-state index in [0.717, 1.165) is 13.1 Å². The highest BCUT2D eigenvalue weighted by molar-refractivity contribution is 6.68. The van der Waals surface area contributed by atoms with Gasteiger partial charge in [0, 0.05) is 5.56 Å². The minimum absolute atomic E-state index is 0.294. The number of quaternary nitrogens is 2. The van der Waals surface area contributed by atoms with Gasteiger partial charge in [0.05, 0.1) is 20.7 Å². The summed E-state index contributed by atoms with van der Waals surface area (Å²) in [6.45, 7) is 4.09. The van der Waals surface area contributed by atoms with Crippen LogP contribution in [0, 0.1) is 0 Å². The zero-order valence-electron chi connectivity index (χ0n) is 13.5. The molecule has 0 spiro atoms. The molecular weight excluding hydrogens is 361 g/mol. The van der Waals surface area contributed by atoms with Crippen LogP contribution in [0.4, 0.5) is 0 Å². The summed E-state index contributed by atoms with van der Waals surface area (Å²) in [4.78, 5) is 13.6. The number of likely N-dealkylation sites (N-methyl/N-ethyl adjacent to an activating group) is 1. The molecule has 1 atom stereocenters. The van der Waals surface area contributed by atoms with Gasteiger partial charge in [-0.25, -0.2) is 0 Å². The standard InChI is InChI=1S/C15H22Cl3N3O2/c1-4-23-12-7-5-11(6-8-12)13(22)20-14(15(16,17)18)19-9-10-21(2)3/h5-8,14,19H,4,9-10H2,1-3H3,(H,20,22)/p+2/t14-/m1/s1. The number of rotatable bonds is 8. The van der Waals surface area contributed by atoms with Crippen LogP contribution in [0.1, 0.15) is 17.3 Å². The van der Waals surface area contributed by atoms with Crippen molar-refractivity contribution < 1.29 is 19.7 Å². The van der Waals surface area contributed by atoms with Crippen molar-refractivity contribution in [2.45, 2.75) is 16.9 Å². The molecule has 1 aromatic rings. The van der Waals surface area contributed by atoms with E-state index in [4.69, 9.17) is 39.5 Å². The van der Waals surface area contributed by atoms with Crippen molar-refractivity contribution in [3.63, 3.8) is 0 Å². The van der Waals surface area contributed by atoms with Crippen molar-refractivity contribution in [3.8, 4) is 5.75 Å². The fourth-order valence-corrected chi connectivity index (χ4v) is 2.34. The highest BCUT2D eigenvalue weighted by Gasteiger charge is 2.37. The number of carbonyl (C=O) groups is 1. The number of hydrogen-bond acceptors (Lipinski definition) is 2. The van der Waals surface area contributed by atoms with Crippen molar-refractivity contribution in [3.05, 3.63) is 29.8 Å². The average molecular weight is 385 g/mol. The monoisotopic (exact) mass is 383 g/mol. The molecule has 0 heterocycles. The fraction of sp³-hybridized carbons (Fsp3) is 0.533. The summed E-state index contributed by atoms with van der Waals surface area (Å²) in [5.74, 6) is 0.417. The lowest BCUT2D eigenvalue weighted by Crippen LogP contribution is -3.10. The first-order valence-electron chi connectivity index (χ1n) is 7.46. The van der Waals surface area contributed by atoms with Crippen LogP contribution in [0.25, 0.3) is 0 Å². The molecule has 0 saturated heterocycles. The van der Waals surface area contributed by atoms with Gasteiger partial charge in [-0.15, -0.1) is 0 Å². The largest absolute Gasteiger partial charge is 0.494 e. The first-order chi connectivity index (χ1) is 10.7. The first kappa shape index (κ1) is 20.3.